The van der Waals surface area contributed by atoms with E-state index in [2.05, 4.69) is 15.5 Å². The number of hydrogen-bond donors (Lipinski definition) is 1. The number of nitrogens with zero attached hydrogens (tertiary/aromatic N) is 3. The predicted octanol–water partition coefficient (Wildman–Crippen LogP) is 3.48. The van der Waals surface area contributed by atoms with E-state index in [0.29, 0.717) is 11.1 Å². The van der Waals surface area contributed by atoms with Gasteiger partial charge in [0, 0.05) is 0 Å². The largest absolute Gasteiger partial charge is 0.434 e. The number of aromatic nitrogens is 1. The number of anilines is 1. The molecule has 5 nitrogen and oxygen atoms in total. The minimum atomic E-state index is 0.103. The van der Waals surface area contributed by atoms with Gasteiger partial charge in [-0.15, -0.1) is 0 Å². The second-order valence-electron chi connectivity index (χ2n) is 4.54. The summed E-state index contributed by atoms with van der Waals surface area (Å²) >= 11 is 0. The first-order valence-electron chi connectivity index (χ1n) is 6.42. The monoisotopic (exact) mass is 276 g/mol. The fourth-order valence-electron chi connectivity index (χ4n) is 1.84. The first-order valence-corrected chi connectivity index (χ1v) is 6.42. The van der Waals surface area contributed by atoms with E-state index in [4.69, 9.17) is 4.42 Å². The van der Waals surface area contributed by atoms with E-state index in [1.807, 2.05) is 55.5 Å². The summed E-state index contributed by atoms with van der Waals surface area (Å²) in [6.07, 6.45) is 0. The van der Waals surface area contributed by atoms with E-state index in [1.54, 1.807) is 6.07 Å². The van der Waals surface area contributed by atoms with Crippen molar-refractivity contribution in [3.8, 4) is 6.07 Å². The molecule has 2 aromatic carbocycles. The highest BCUT2D eigenvalue weighted by molar-refractivity contribution is 6.09. The molecule has 21 heavy (non-hydrogen) atoms. The topological polar surface area (TPSA) is 74.2 Å². The van der Waals surface area contributed by atoms with Gasteiger partial charge in [0.05, 0.1) is 5.69 Å². The van der Waals surface area contributed by atoms with Crippen LogP contribution in [0.2, 0.25) is 0 Å². The number of fused-ring (bicyclic) bond motifs is 1. The van der Waals surface area contributed by atoms with E-state index >= 15 is 0 Å². The Morgan fingerprint density at radius 2 is 1.95 bits per heavy atom. The molecule has 3 rings (SSSR count). The Balaban J connectivity index is 1.89. The standard InChI is InChI=1S/C16H12N4O/c1-11-6-8-12(9-7-11)19-20-14(10-17)16-18-13-4-2-3-5-15(13)21-16/h2-9,19H,1H3/b20-14+. The minimum Gasteiger partial charge on any atom is -0.434 e. The van der Waals surface area contributed by atoms with Crippen molar-refractivity contribution in [2.45, 2.75) is 6.92 Å². The SMILES string of the molecule is Cc1ccc(N/N=C(\C#N)c2nc3ccccc3o2)cc1. The lowest BCUT2D eigenvalue weighted by molar-refractivity contribution is 0.591. The third-order valence-electron chi connectivity index (χ3n) is 2.95. The molecule has 3 aromatic rings. The van der Waals surface area contributed by atoms with Crippen molar-refractivity contribution in [3.05, 3.63) is 60.0 Å². The number of nitriles is 1. The number of rotatable bonds is 3. The van der Waals surface area contributed by atoms with Crippen LogP contribution < -0.4 is 5.43 Å². The van der Waals surface area contributed by atoms with E-state index in [9.17, 15) is 5.26 Å². The number of nitrogens with one attached hydrogen (secondary N) is 1. The van der Waals surface area contributed by atoms with Gasteiger partial charge < -0.3 is 4.42 Å². The van der Waals surface area contributed by atoms with Crippen molar-refractivity contribution >= 4 is 22.5 Å². The summed E-state index contributed by atoms with van der Waals surface area (Å²) in [5.74, 6) is 0.207. The van der Waals surface area contributed by atoms with Gasteiger partial charge in [0.25, 0.3) is 5.89 Å². The van der Waals surface area contributed by atoms with Crippen LogP contribution >= 0.6 is 0 Å². The smallest absolute Gasteiger partial charge is 0.259 e. The third kappa shape index (κ3) is 2.74. The maximum Gasteiger partial charge on any atom is 0.259 e. The molecule has 1 aromatic heterocycles. The Labute approximate surface area is 121 Å². The van der Waals surface area contributed by atoms with Gasteiger partial charge in [-0.1, -0.05) is 29.8 Å². The van der Waals surface area contributed by atoms with Crippen LogP contribution in [0.1, 0.15) is 11.5 Å². The van der Waals surface area contributed by atoms with E-state index in [1.165, 1.54) is 0 Å². The minimum absolute atomic E-state index is 0.103. The zero-order valence-electron chi connectivity index (χ0n) is 11.4. The average molecular weight is 276 g/mol. The molecule has 0 saturated heterocycles. The van der Waals surface area contributed by atoms with E-state index < -0.39 is 0 Å². The molecule has 0 atom stereocenters. The maximum atomic E-state index is 9.21. The molecule has 0 saturated carbocycles. The van der Waals surface area contributed by atoms with Gasteiger partial charge in [0.1, 0.15) is 11.6 Å². The van der Waals surface area contributed by atoms with Crippen LogP contribution in [-0.2, 0) is 0 Å². The van der Waals surface area contributed by atoms with Crippen molar-refractivity contribution in [3.63, 3.8) is 0 Å². The molecule has 0 unspecified atom stereocenters. The quantitative estimate of drug-likeness (QED) is 0.587. The van der Waals surface area contributed by atoms with Gasteiger partial charge in [-0.3, -0.25) is 5.43 Å². The maximum absolute atomic E-state index is 9.21. The molecule has 0 aliphatic carbocycles. The Kier molecular flexibility index (Phi) is 3.36. The summed E-state index contributed by atoms with van der Waals surface area (Å²) in [6, 6.07) is 17.0. The highest BCUT2D eigenvalue weighted by Gasteiger charge is 2.11. The summed E-state index contributed by atoms with van der Waals surface area (Å²) in [5.41, 5.74) is 6.22. The molecule has 1 heterocycles. The molecule has 0 fully saturated rings. The first-order chi connectivity index (χ1) is 10.3. The van der Waals surface area contributed by atoms with Crippen LogP contribution in [0.3, 0.4) is 0 Å². The Bertz CT molecular complexity index is 808. The number of hydrogen-bond acceptors (Lipinski definition) is 5. The van der Waals surface area contributed by atoms with Crippen LogP contribution in [0.5, 0.6) is 0 Å². The second-order valence-corrected chi connectivity index (χ2v) is 4.54. The van der Waals surface area contributed by atoms with Crippen LogP contribution in [0.25, 0.3) is 11.1 Å². The molecule has 102 valence electrons. The second kappa shape index (κ2) is 5.47. The molecular weight excluding hydrogens is 264 g/mol. The van der Waals surface area contributed by atoms with Gasteiger partial charge in [-0.2, -0.15) is 10.4 Å². The number of benzene rings is 2. The fraction of sp³-hybridized carbons (Fsp3) is 0.0625. The zero-order valence-corrected chi connectivity index (χ0v) is 11.4. The van der Waals surface area contributed by atoms with Crippen LogP contribution in [0, 0.1) is 18.3 Å². The molecule has 0 radical (unpaired) electrons. The summed E-state index contributed by atoms with van der Waals surface area (Å²) in [7, 11) is 0. The van der Waals surface area contributed by atoms with Crippen molar-refractivity contribution in [2.24, 2.45) is 5.10 Å². The number of oxazole rings is 1. The number of para-hydroxylation sites is 2. The number of hydrazone groups is 1. The molecule has 0 amide bonds. The summed E-state index contributed by atoms with van der Waals surface area (Å²) in [6.45, 7) is 2.01. The van der Waals surface area contributed by atoms with Crippen molar-refractivity contribution in [1.29, 1.82) is 5.26 Å². The van der Waals surface area contributed by atoms with Gasteiger partial charge in [0.15, 0.2) is 5.58 Å². The molecule has 0 aliphatic heterocycles. The highest BCUT2D eigenvalue weighted by atomic mass is 16.3. The molecule has 0 spiro atoms. The summed E-state index contributed by atoms with van der Waals surface area (Å²) in [5, 5.41) is 13.3. The molecule has 1 N–H and O–H groups in total. The van der Waals surface area contributed by atoms with E-state index in [0.717, 1.165) is 11.3 Å². The normalized spacial score (nSPS) is 11.3. The van der Waals surface area contributed by atoms with Crippen molar-refractivity contribution in [1.82, 2.24) is 4.98 Å². The fourth-order valence-corrected chi connectivity index (χ4v) is 1.84. The summed E-state index contributed by atoms with van der Waals surface area (Å²) < 4.78 is 5.52. The Morgan fingerprint density at radius 3 is 2.67 bits per heavy atom. The van der Waals surface area contributed by atoms with Crippen LogP contribution in [-0.4, -0.2) is 10.7 Å². The molecule has 0 aliphatic rings. The number of aryl methyl sites for hydroxylation is 1. The lowest BCUT2D eigenvalue weighted by Gasteiger charge is -2.00. The van der Waals surface area contributed by atoms with Gasteiger partial charge in [-0.05, 0) is 31.2 Å². The van der Waals surface area contributed by atoms with Crippen molar-refractivity contribution < 1.29 is 4.42 Å². The Hall–Kier alpha value is -3.13. The van der Waals surface area contributed by atoms with Gasteiger partial charge in [0.2, 0.25) is 5.71 Å². The molecular formula is C16H12N4O. The highest BCUT2D eigenvalue weighted by Crippen LogP contribution is 2.15. The van der Waals surface area contributed by atoms with Crippen LogP contribution in [0.4, 0.5) is 5.69 Å². The lowest BCUT2D eigenvalue weighted by Crippen LogP contribution is -2.02. The summed E-state index contributed by atoms with van der Waals surface area (Å²) in [4.78, 5) is 4.25. The van der Waals surface area contributed by atoms with Gasteiger partial charge >= 0.3 is 0 Å². The zero-order chi connectivity index (χ0) is 14.7. The predicted molar refractivity (Wildman–Crippen MR) is 81.0 cm³/mol. The lowest BCUT2D eigenvalue weighted by atomic mass is 10.2. The third-order valence-corrected chi connectivity index (χ3v) is 2.95. The Morgan fingerprint density at radius 1 is 1.19 bits per heavy atom. The van der Waals surface area contributed by atoms with Crippen molar-refractivity contribution in [2.75, 3.05) is 5.43 Å². The molecule has 5 heteroatoms. The molecule has 0 bridgehead atoms. The first kappa shape index (κ1) is 12.9. The van der Waals surface area contributed by atoms with Crippen LogP contribution in [0.15, 0.2) is 58.0 Å². The van der Waals surface area contributed by atoms with Gasteiger partial charge in [-0.25, -0.2) is 4.98 Å². The van der Waals surface area contributed by atoms with E-state index in [-0.39, 0.29) is 11.6 Å². The average Bonchev–Trinajstić information content (AvgIpc) is 2.93.